The van der Waals surface area contributed by atoms with Crippen LogP contribution in [0.3, 0.4) is 0 Å². The SMILES string of the molecule is O=C(O)C1CCCN(C(=O)c2ccc([N+](=O)[O-])s2)C1. The van der Waals surface area contributed by atoms with Crippen LogP contribution >= 0.6 is 11.3 Å². The van der Waals surface area contributed by atoms with Crippen LogP contribution < -0.4 is 0 Å². The topological polar surface area (TPSA) is 101 Å². The van der Waals surface area contributed by atoms with E-state index in [1.807, 2.05) is 0 Å². The molecule has 2 rings (SSSR count). The van der Waals surface area contributed by atoms with Crippen LogP contribution in [-0.2, 0) is 4.79 Å². The van der Waals surface area contributed by atoms with Crippen LogP contribution in [0, 0.1) is 16.0 Å². The van der Waals surface area contributed by atoms with Crippen LogP contribution in [0.1, 0.15) is 22.5 Å². The molecule has 0 radical (unpaired) electrons. The highest BCUT2D eigenvalue weighted by Gasteiger charge is 2.29. The summed E-state index contributed by atoms with van der Waals surface area (Å²) in [5.41, 5.74) is 0. The van der Waals surface area contributed by atoms with Gasteiger partial charge in [0.1, 0.15) is 0 Å². The third-order valence-electron chi connectivity index (χ3n) is 3.04. The number of carbonyl (C=O) groups excluding carboxylic acids is 1. The molecule has 2 heterocycles. The zero-order valence-electron chi connectivity index (χ0n) is 9.94. The minimum absolute atomic E-state index is 0.0878. The fraction of sp³-hybridized carbons (Fsp3) is 0.455. The molecule has 1 N–H and O–H groups in total. The fourth-order valence-electron chi connectivity index (χ4n) is 2.06. The summed E-state index contributed by atoms with van der Waals surface area (Å²) in [7, 11) is 0. The Morgan fingerprint density at radius 2 is 2.21 bits per heavy atom. The first-order chi connectivity index (χ1) is 8.99. The molecule has 1 atom stereocenters. The first-order valence-electron chi connectivity index (χ1n) is 5.75. The number of hydrogen-bond acceptors (Lipinski definition) is 5. The monoisotopic (exact) mass is 284 g/mol. The number of carboxylic acid groups (broad SMARTS) is 1. The average molecular weight is 284 g/mol. The molecule has 0 aliphatic carbocycles. The molecule has 1 saturated heterocycles. The van der Waals surface area contributed by atoms with Gasteiger partial charge in [0.05, 0.1) is 15.7 Å². The molecular weight excluding hydrogens is 272 g/mol. The predicted octanol–water partition coefficient (Wildman–Crippen LogP) is 1.59. The van der Waals surface area contributed by atoms with E-state index in [1.165, 1.54) is 17.0 Å². The summed E-state index contributed by atoms with van der Waals surface area (Å²) < 4.78 is 0. The quantitative estimate of drug-likeness (QED) is 0.671. The molecule has 1 unspecified atom stereocenters. The summed E-state index contributed by atoms with van der Waals surface area (Å²) in [4.78, 5) is 34.8. The van der Waals surface area contributed by atoms with Crippen molar-refractivity contribution in [1.29, 1.82) is 0 Å². The van der Waals surface area contributed by atoms with Gasteiger partial charge < -0.3 is 10.0 Å². The molecule has 1 aromatic heterocycles. The minimum atomic E-state index is -0.908. The van der Waals surface area contributed by atoms with Crippen molar-refractivity contribution in [3.05, 3.63) is 27.1 Å². The molecule has 8 heteroatoms. The summed E-state index contributed by atoms with van der Waals surface area (Å²) in [6.45, 7) is 0.661. The number of piperidine rings is 1. The van der Waals surface area contributed by atoms with Crippen LogP contribution in [0.2, 0.25) is 0 Å². The number of aliphatic carboxylic acids is 1. The lowest BCUT2D eigenvalue weighted by Gasteiger charge is -2.30. The maximum absolute atomic E-state index is 12.1. The van der Waals surface area contributed by atoms with E-state index in [0.717, 1.165) is 11.3 Å². The Hall–Kier alpha value is -1.96. The number of nitrogens with zero attached hydrogens (tertiary/aromatic N) is 2. The van der Waals surface area contributed by atoms with Gasteiger partial charge in [0.25, 0.3) is 5.91 Å². The van der Waals surface area contributed by atoms with Gasteiger partial charge in [-0.15, -0.1) is 0 Å². The number of rotatable bonds is 3. The third kappa shape index (κ3) is 2.90. The van der Waals surface area contributed by atoms with Gasteiger partial charge >= 0.3 is 11.0 Å². The van der Waals surface area contributed by atoms with Crippen molar-refractivity contribution < 1.29 is 19.6 Å². The van der Waals surface area contributed by atoms with E-state index >= 15 is 0 Å². The van der Waals surface area contributed by atoms with Gasteiger partial charge in [0.2, 0.25) is 0 Å². The number of carboxylic acids is 1. The Balaban J connectivity index is 2.10. The van der Waals surface area contributed by atoms with Gasteiger partial charge in [0, 0.05) is 19.2 Å². The van der Waals surface area contributed by atoms with E-state index in [0.29, 0.717) is 19.4 Å². The van der Waals surface area contributed by atoms with Crippen molar-refractivity contribution in [3.8, 4) is 0 Å². The minimum Gasteiger partial charge on any atom is -0.481 e. The normalized spacial score (nSPS) is 19.2. The van der Waals surface area contributed by atoms with Gasteiger partial charge in [0.15, 0.2) is 0 Å². The van der Waals surface area contributed by atoms with Crippen molar-refractivity contribution >= 4 is 28.2 Å². The van der Waals surface area contributed by atoms with Crippen molar-refractivity contribution in [2.24, 2.45) is 5.92 Å². The first kappa shape index (κ1) is 13.5. The lowest BCUT2D eigenvalue weighted by atomic mass is 9.98. The zero-order valence-corrected chi connectivity index (χ0v) is 10.8. The van der Waals surface area contributed by atoms with Crippen molar-refractivity contribution in [1.82, 2.24) is 4.90 Å². The number of carbonyl (C=O) groups is 2. The number of nitro groups is 1. The molecule has 0 bridgehead atoms. The zero-order chi connectivity index (χ0) is 14.0. The van der Waals surface area contributed by atoms with Gasteiger partial charge in [-0.2, -0.15) is 0 Å². The second-order valence-electron chi connectivity index (χ2n) is 4.32. The largest absolute Gasteiger partial charge is 0.481 e. The summed E-state index contributed by atoms with van der Waals surface area (Å²) in [5, 5.41) is 19.4. The second kappa shape index (κ2) is 5.35. The molecule has 7 nitrogen and oxygen atoms in total. The molecular formula is C11H12N2O5S. The van der Waals surface area contributed by atoms with E-state index < -0.39 is 16.8 Å². The van der Waals surface area contributed by atoms with Crippen molar-refractivity contribution in [2.45, 2.75) is 12.8 Å². The van der Waals surface area contributed by atoms with Crippen molar-refractivity contribution in [3.63, 3.8) is 0 Å². The third-order valence-corrected chi connectivity index (χ3v) is 4.07. The lowest BCUT2D eigenvalue weighted by Crippen LogP contribution is -2.42. The number of hydrogen-bond donors (Lipinski definition) is 1. The molecule has 1 fully saturated rings. The summed E-state index contributed by atoms with van der Waals surface area (Å²) in [6, 6.07) is 2.70. The van der Waals surface area contributed by atoms with E-state index in [2.05, 4.69) is 0 Å². The molecule has 1 aromatic rings. The van der Waals surface area contributed by atoms with Gasteiger partial charge in [-0.05, 0) is 18.9 Å². The maximum atomic E-state index is 12.1. The smallest absolute Gasteiger partial charge is 0.324 e. The van der Waals surface area contributed by atoms with Gasteiger partial charge in [-0.25, -0.2) is 0 Å². The molecule has 1 aliphatic heterocycles. The molecule has 0 spiro atoms. The molecule has 19 heavy (non-hydrogen) atoms. The Morgan fingerprint density at radius 1 is 1.47 bits per heavy atom. The second-order valence-corrected chi connectivity index (χ2v) is 5.39. The maximum Gasteiger partial charge on any atom is 0.324 e. The molecule has 0 aromatic carbocycles. The lowest BCUT2D eigenvalue weighted by molar-refractivity contribution is -0.380. The predicted molar refractivity (Wildman–Crippen MR) is 67.2 cm³/mol. The van der Waals surface area contributed by atoms with Crippen LogP contribution in [0.5, 0.6) is 0 Å². The number of thiophene rings is 1. The number of likely N-dealkylation sites (tertiary alicyclic amines) is 1. The van der Waals surface area contributed by atoms with Gasteiger partial charge in [-0.1, -0.05) is 11.3 Å². The highest BCUT2D eigenvalue weighted by molar-refractivity contribution is 7.17. The molecule has 0 saturated carbocycles. The van der Waals surface area contributed by atoms with E-state index in [4.69, 9.17) is 5.11 Å². The fourth-order valence-corrected chi connectivity index (χ4v) is 2.85. The van der Waals surface area contributed by atoms with E-state index in [9.17, 15) is 19.7 Å². The highest BCUT2D eigenvalue weighted by atomic mass is 32.1. The van der Waals surface area contributed by atoms with Crippen LogP contribution in [0.25, 0.3) is 0 Å². The summed E-state index contributed by atoms with van der Waals surface area (Å²) >= 11 is 0.815. The summed E-state index contributed by atoms with van der Waals surface area (Å²) in [5.74, 6) is -1.79. The Morgan fingerprint density at radius 3 is 2.79 bits per heavy atom. The van der Waals surface area contributed by atoms with Gasteiger partial charge in [-0.3, -0.25) is 19.7 Å². The molecule has 1 aliphatic rings. The standard InChI is InChI=1S/C11H12N2O5S/c14-10(8-3-4-9(19-8)13(17)18)12-5-1-2-7(6-12)11(15)16/h3-4,7H,1-2,5-6H2,(H,15,16). The summed E-state index contributed by atoms with van der Waals surface area (Å²) in [6.07, 6.45) is 1.19. The Bertz CT molecular complexity index is 527. The van der Waals surface area contributed by atoms with Crippen LogP contribution in [0.4, 0.5) is 5.00 Å². The van der Waals surface area contributed by atoms with Crippen LogP contribution in [0.15, 0.2) is 12.1 Å². The molecule has 102 valence electrons. The highest BCUT2D eigenvalue weighted by Crippen LogP contribution is 2.26. The average Bonchev–Trinajstić information content (AvgIpc) is 2.87. The Labute approximate surface area is 112 Å². The Kier molecular flexibility index (Phi) is 3.79. The van der Waals surface area contributed by atoms with E-state index in [1.54, 1.807) is 0 Å². The van der Waals surface area contributed by atoms with E-state index in [-0.39, 0.29) is 22.3 Å². The molecule has 1 amide bonds. The first-order valence-corrected chi connectivity index (χ1v) is 6.57. The van der Waals surface area contributed by atoms with Crippen LogP contribution in [-0.4, -0.2) is 39.9 Å². The van der Waals surface area contributed by atoms with Crippen molar-refractivity contribution in [2.75, 3.05) is 13.1 Å². The number of amides is 1.